The molecule has 1 unspecified atom stereocenters. The molecule has 1 heterocycles. The van der Waals surface area contributed by atoms with Crippen LogP contribution in [0.4, 0.5) is 5.69 Å². The smallest absolute Gasteiger partial charge is 0.0945 e. The number of aryl methyl sites for hydroxylation is 5. The predicted molar refractivity (Wildman–Crippen MR) is 146 cm³/mol. The lowest BCUT2D eigenvalue weighted by Crippen LogP contribution is -2.19. The fraction of sp³-hybridized carbons (Fsp3) is 0.281. The van der Waals surface area contributed by atoms with Crippen molar-refractivity contribution in [1.82, 2.24) is 4.98 Å². The van der Waals surface area contributed by atoms with Gasteiger partial charge in [-0.25, -0.2) is 0 Å². The summed E-state index contributed by atoms with van der Waals surface area (Å²) in [5.74, 6) is 0. The van der Waals surface area contributed by atoms with Crippen LogP contribution in [0.1, 0.15) is 65.4 Å². The molecule has 3 aromatic carbocycles. The molecule has 0 saturated carbocycles. The van der Waals surface area contributed by atoms with E-state index in [0.717, 1.165) is 36.2 Å². The molecule has 2 heteroatoms. The highest BCUT2D eigenvalue weighted by molar-refractivity contribution is 5.63. The number of nitrogens with zero attached hydrogens (tertiary/aromatic N) is 1. The van der Waals surface area contributed by atoms with Gasteiger partial charge in [0.25, 0.3) is 0 Å². The molecule has 4 rings (SSSR count). The number of aromatic nitrogens is 1. The van der Waals surface area contributed by atoms with E-state index in [4.69, 9.17) is 4.98 Å². The van der Waals surface area contributed by atoms with Gasteiger partial charge in [0.05, 0.1) is 17.4 Å². The fourth-order valence-corrected chi connectivity index (χ4v) is 5.08. The summed E-state index contributed by atoms with van der Waals surface area (Å²) in [6.45, 7) is 11.1. The largest absolute Gasteiger partial charge is 0.372 e. The van der Waals surface area contributed by atoms with E-state index < -0.39 is 0 Å². The van der Waals surface area contributed by atoms with Crippen molar-refractivity contribution in [3.05, 3.63) is 118 Å². The number of hydrogen-bond donors (Lipinski definition) is 1. The van der Waals surface area contributed by atoms with Crippen molar-refractivity contribution in [2.45, 2.75) is 59.9 Å². The Balaban J connectivity index is 1.89. The molecule has 1 aromatic heterocycles. The van der Waals surface area contributed by atoms with E-state index in [2.05, 4.69) is 113 Å². The summed E-state index contributed by atoms with van der Waals surface area (Å²) in [5.41, 5.74) is 12.4. The molecule has 0 spiro atoms. The van der Waals surface area contributed by atoms with Crippen LogP contribution >= 0.6 is 0 Å². The average molecular weight is 449 g/mol. The topological polar surface area (TPSA) is 24.9 Å². The number of benzene rings is 3. The molecule has 0 fully saturated rings. The van der Waals surface area contributed by atoms with Gasteiger partial charge in [0.2, 0.25) is 0 Å². The van der Waals surface area contributed by atoms with Gasteiger partial charge in [-0.2, -0.15) is 0 Å². The van der Waals surface area contributed by atoms with E-state index in [1.807, 2.05) is 6.07 Å². The number of rotatable bonds is 8. The van der Waals surface area contributed by atoms with E-state index >= 15 is 0 Å². The van der Waals surface area contributed by atoms with Gasteiger partial charge >= 0.3 is 0 Å². The second kappa shape index (κ2) is 10.7. The molecule has 174 valence electrons. The van der Waals surface area contributed by atoms with Crippen molar-refractivity contribution in [2.75, 3.05) is 5.32 Å². The van der Waals surface area contributed by atoms with E-state index in [-0.39, 0.29) is 6.04 Å². The van der Waals surface area contributed by atoms with Gasteiger partial charge < -0.3 is 5.32 Å². The summed E-state index contributed by atoms with van der Waals surface area (Å²) in [7, 11) is 0. The minimum atomic E-state index is -0.0347. The molecule has 1 atom stereocenters. The van der Waals surface area contributed by atoms with Crippen LogP contribution in [-0.2, 0) is 12.8 Å². The number of nitrogens with one attached hydrogen (secondary N) is 1. The molecule has 34 heavy (non-hydrogen) atoms. The maximum absolute atomic E-state index is 5.19. The SMILES string of the molecule is CCCc1cccc(CC)c1NC(c1cccc(-c2ccccc2)n1)c1c(C)cc(C)cc1C. The molecule has 0 bridgehead atoms. The summed E-state index contributed by atoms with van der Waals surface area (Å²) in [6, 6.07) is 28.1. The second-order valence-corrected chi connectivity index (χ2v) is 9.26. The first-order chi connectivity index (χ1) is 16.5. The van der Waals surface area contributed by atoms with Gasteiger partial charge in [-0.3, -0.25) is 4.98 Å². The predicted octanol–water partition coefficient (Wildman–Crippen LogP) is 8.39. The number of anilines is 1. The highest BCUT2D eigenvalue weighted by atomic mass is 15.0. The van der Waals surface area contributed by atoms with Gasteiger partial charge in [0.1, 0.15) is 0 Å². The Morgan fingerprint density at radius 3 is 2.12 bits per heavy atom. The van der Waals surface area contributed by atoms with E-state index in [9.17, 15) is 0 Å². The van der Waals surface area contributed by atoms with Crippen molar-refractivity contribution < 1.29 is 0 Å². The summed E-state index contributed by atoms with van der Waals surface area (Å²) in [4.78, 5) is 5.19. The van der Waals surface area contributed by atoms with Crippen LogP contribution in [0.2, 0.25) is 0 Å². The first-order valence-corrected chi connectivity index (χ1v) is 12.5. The second-order valence-electron chi connectivity index (χ2n) is 9.26. The maximum atomic E-state index is 5.19. The molecule has 2 nitrogen and oxygen atoms in total. The first kappa shape index (κ1) is 23.8. The van der Waals surface area contributed by atoms with Crippen molar-refractivity contribution in [3.63, 3.8) is 0 Å². The van der Waals surface area contributed by atoms with E-state index in [0.29, 0.717) is 0 Å². The highest BCUT2D eigenvalue weighted by Crippen LogP contribution is 2.35. The Kier molecular flexibility index (Phi) is 7.47. The lowest BCUT2D eigenvalue weighted by Gasteiger charge is -2.27. The minimum Gasteiger partial charge on any atom is -0.372 e. The van der Waals surface area contributed by atoms with Crippen LogP contribution in [-0.4, -0.2) is 4.98 Å². The van der Waals surface area contributed by atoms with Crippen molar-refractivity contribution in [1.29, 1.82) is 0 Å². The normalized spacial score (nSPS) is 11.9. The lowest BCUT2D eigenvalue weighted by atomic mass is 9.90. The third-order valence-electron chi connectivity index (χ3n) is 6.59. The fourth-order valence-electron chi connectivity index (χ4n) is 5.08. The molecular weight excluding hydrogens is 412 g/mol. The molecule has 0 aliphatic carbocycles. The average Bonchev–Trinajstić information content (AvgIpc) is 2.84. The summed E-state index contributed by atoms with van der Waals surface area (Å²) < 4.78 is 0. The first-order valence-electron chi connectivity index (χ1n) is 12.5. The Morgan fingerprint density at radius 2 is 1.44 bits per heavy atom. The minimum absolute atomic E-state index is 0.0347. The summed E-state index contributed by atoms with van der Waals surface area (Å²) >= 11 is 0. The monoisotopic (exact) mass is 448 g/mol. The number of hydrogen-bond acceptors (Lipinski definition) is 2. The molecule has 4 aromatic rings. The number of para-hydroxylation sites is 1. The van der Waals surface area contributed by atoms with E-state index in [1.54, 1.807) is 0 Å². The molecule has 0 radical (unpaired) electrons. The van der Waals surface area contributed by atoms with Gasteiger partial charge in [-0.1, -0.05) is 92.6 Å². The van der Waals surface area contributed by atoms with Crippen molar-refractivity contribution in [2.24, 2.45) is 0 Å². The van der Waals surface area contributed by atoms with Crippen LogP contribution in [0.15, 0.2) is 78.9 Å². The van der Waals surface area contributed by atoms with Crippen molar-refractivity contribution >= 4 is 5.69 Å². The van der Waals surface area contributed by atoms with Gasteiger partial charge in [0.15, 0.2) is 0 Å². The standard InChI is InChI=1S/C32H36N2/c1-6-13-27-17-11-16-25(7-2)31(27)34-32(30-23(4)20-22(3)21-24(30)5)29-19-12-18-28(33-29)26-14-9-8-10-15-26/h8-12,14-21,32,34H,6-7,13H2,1-5H3. The molecule has 0 aliphatic heterocycles. The molecular formula is C32H36N2. The van der Waals surface area contributed by atoms with Gasteiger partial charge in [-0.15, -0.1) is 0 Å². The van der Waals surface area contributed by atoms with Gasteiger partial charge in [-0.05, 0) is 73.6 Å². The molecule has 1 N–H and O–H groups in total. The van der Waals surface area contributed by atoms with Crippen LogP contribution < -0.4 is 5.32 Å². The Hall–Kier alpha value is -3.39. The zero-order valence-electron chi connectivity index (χ0n) is 21.2. The zero-order chi connectivity index (χ0) is 24.1. The Morgan fingerprint density at radius 1 is 0.765 bits per heavy atom. The maximum Gasteiger partial charge on any atom is 0.0945 e. The van der Waals surface area contributed by atoms with Crippen molar-refractivity contribution in [3.8, 4) is 11.3 Å². The third-order valence-corrected chi connectivity index (χ3v) is 6.59. The zero-order valence-corrected chi connectivity index (χ0v) is 21.2. The summed E-state index contributed by atoms with van der Waals surface area (Å²) in [5, 5.41) is 4.00. The molecule has 0 aliphatic rings. The Labute approximate surface area is 205 Å². The van der Waals surface area contributed by atoms with Crippen LogP contribution in [0.25, 0.3) is 11.3 Å². The van der Waals surface area contributed by atoms with Gasteiger partial charge in [0, 0.05) is 11.3 Å². The molecule has 0 saturated heterocycles. The summed E-state index contributed by atoms with van der Waals surface area (Å²) in [6.07, 6.45) is 3.18. The third kappa shape index (κ3) is 5.07. The van der Waals surface area contributed by atoms with Crippen LogP contribution in [0, 0.1) is 20.8 Å². The van der Waals surface area contributed by atoms with Crippen LogP contribution in [0.5, 0.6) is 0 Å². The lowest BCUT2D eigenvalue weighted by molar-refractivity contribution is 0.851. The van der Waals surface area contributed by atoms with E-state index in [1.165, 1.54) is 39.1 Å². The Bertz CT molecular complexity index is 1230. The molecule has 0 amide bonds. The highest BCUT2D eigenvalue weighted by Gasteiger charge is 2.23. The number of pyridine rings is 1. The van der Waals surface area contributed by atoms with Crippen LogP contribution in [0.3, 0.4) is 0 Å². The quantitative estimate of drug-likeness (QED) is 0.293.